The van der Waals surface area contributed by atoms with Gasteiger partial charge in [-0.05, 0) is 26.0 Å². The number of halogens is 3. The van der Waals surface area contributed by atoms with Crippen LogP contribution in [0, 0.1) is 0 Å². The Labute approximate surface area is 125 Å². The molecular formula is C13H14F3NO4S. The van der Waals surface area contributed by atoms with Crippen LogP contribution >= 0.6 is 0 Å². The van der Waals surface area contributed by atoms with Crippen LogP contribution in [-0.4, -0.2) is 20.4 Å². The third kappa shape index (κ3) is 4.14. The lowest BCUT2D eigenvalue weighted by Gasteiger charge is -2.13. The number of sulfone groups is 1. The lowest BCUT2D eigenvalue weighted by molar-refractivity contribution is -0.274. The van der Waals surface area contributed by atoms with Crippen LogP contribution < -0.4 is 10.2 Å². The van der Waals surface area contributed by atoms with Crippen molar-refractivity contribution in [3.8, 4) is 5.75 Å². The van der Waals surface area contributed by atoms with Gasteiger partial charge in [-0.2, -0.15) is 0 Å². The van der Waals surface area contributed by atoms with Crippen molar-refractivity contribution in [2.24, 2.45) is 0 Å². The maximum atomic E-state index is 12.3. The number of alkyl halides is 3. The first kappa shape index (κ1) is 16.6. The fourth-order valence-corrected chi connectivity index (χ4v) is 3.27. The van der Waals surface area contributed by atoms with Gasteiger partial charge in [0.2, 0.25) is 0 Å². The molecule has 0 saturated heterocycles. The fourth-order valence-electron chi connectivity index (χ4n) is 1.84. The molecule has 0 spiro atoms. The molecule has 1 aromatic rings. The number of nitrogens with one attached hydrogen (secondary N) is 1. The van der Waals surface area contributed by atoms with Crippen LogP contribution in [0.15, 0.2) is 35.4 Å². The van der Waals surface area contributed by atoms with E-state index in [1.807, 2.05) is 0 Å². The Hall–Kier alpha value is -1.74. The molecule has 0 aromatic heterocycles. The summed E-state index contributed by atoms with van der Waals surface area (Å²) in [6.45, 7) is 3.28. The minimum absolute atomic E-state index is 0.0905. The average Bonchev–Trinajstić information content (AvgIpc) is 2.71. The van der Waals surface area contributed by atoms with E-state index < -0.39 is 33.3 Å². The molecule has 0 radical (unpaired) electrons. The fraction of sp³-hybridized carbons (Fsp3) is 0.385. The molecule has 0 saturated carbocycles. The van der Waals surface area contributed by atoms with E-state index in [0.717, 1.165) is 6.07 Å². The summed E-state index contributed by atoms with van der Waals surface area (Å²) in [5.74, 6) is -1.19. The Morgan fingerprint density at radius 3 is 2.45 bits per heavy atom. The minimum atomic E-state index is -4.89. The van der Waals surface area contributed by atoms with E-state index in [2.05, 4.69) is 10.2 Å². The predicted octanol–water partition coefficient (Wildman–Crippen LogP) is 2.65. The summed E-state index contributed by atoms with van der Waals surface area (Å²) in [5, 5.41) is -0.181. The molecule has 1 aliphatic heterocycles. The lowest BCUT2D eigenvalue weighted by atomic mass is 10.1. The van der Waals surface area contributed by atoms with Gasteiger partial charge in [0, 0.05) is 5.56 Å². The van der Waals surface area contributed by atoms with Crippen LogP contribution in [0.4, 0.5) is 13.2 Å². The van der Waals surface area contributed by atoms with Crippen LogP contribution in [-0.2, 0) is 20.4 Å². The summed E-state index contributed by atoms with van der Waals surface area (Å²) in [7, 11) is -3.88. The molecule has 9 heteroatoms. The maximum absolute atomic E-state index is 12.3. The molecule has 0 atom stereocenters. The van der Waals surface area contributed by atoms with Gasteiger partial charge in [0.25, 0.3) is 0 Å². The number of para-hydroxylation sites is 1. The quantitative estimate of drug-likeness (QED) is 0.915. The summed E-state index contributed by atoms with van der Waals surface area (Å²) in [6, 6.07) is 5.09. The number of ether oxygens (including phenoxy) is 1. The number of rotatable bonds is 4. The van der Waals surface area contributed by atoms with Gasteiger partial charge in [-0.15, -0.1) is 13.2 Å². The molecule has 0 bridgehead atoms. The third-order valence-corrected chi connectivity index (χ3v) is 4.33. The highest BCUT2D eigenvalue weighted by atomic mass is 32.2. The smallest absolute Gasteiger partial charge is 0.405 e. The van der Waals surface area contributed by atoms with E-state index in [0.29, 0.717) is 0 Å². The third-order valence-electron chi connectivity index (χ3n) is 2.77. The second-order valence-electron chi connectivity index (χ2n) is 5.23. The van der Waals surface area contributed by atoms with Crippen molar-refractivity contribution < 1.29 is 31.2 Å². The summed E-state index contributed by atoms with van der Waals surface area (Å²) in [6.07, 6.45) is -3.54. The SMILES string of the molecule is CC1(C)C=C(S(=O)(=O)Cc2ccccc2OC(F)(F)F)NO1. The average molecular weight is 337 g/mol. The Kier molecular flexibility index (Phi) is 4.14. The molecule has 22 heavy (non-hydrogen) atoms. The monoisotopic (exact) mass is 337 g/mol. The van der Waals surface area contributed by atoms with Crippen LogP contribution in [0.25, 0.3) is 0 Å². The number of hydrogen-bond donors (Lipinski definition) is 1. The summed E-state index contributed by atoms with van der Waals surface area (Å²) >= 11 is 0. The van der Waals surface area contributed by atoms with Crippen molar-refractivity contribution in [3.63, 3.8) is 0 Å². The Bertz CT molecular complexity index is 695. The van der Waals surface area contributed by atoms with Gasteiger partial charge in [-0.1, -0.05) is 18.2 Å². The van der Waals surface area contributed by atoms with Crippen molar-refractivity contribution in [1.82, 2.24) is 5.48 Å². The molecule has 2 rings (SSSR count). The first-order valence-corrected chi connectivity index (χ1v) is 7.87. The summed E-state index contributed by atoms with van der Waals surface area (Å²) in [5.41, 5.74) is 1.38. The zero-order valence-electron chi connectivity index (χ0n) is 11.8. The van der Waals surface area contributed by atoms with E-state index in [1.165, 1.54) is 24.3 Å². The first-order chi connectivity index (χ1) is 9.99. The van der Waals surface area contributed by atoms with E-state index in [-0.39, 0.29) is 10.6 Å². The lowest BCUT2D eigenvalue weighted by Crippen LogP contribution is -2.23. The molecule has 0 fully saturated rings. The van der Waals surface area contributed by atoms with Crippen molar-refractivity contribution in [1.29, 1.82) is 0 Å². The minimum Gasteiger partial charge on any atom is -0.405 e. The number of benzene rings is 1. The topological polar surface area (TPSA) is 64.6 Å². The molecule has 0 unspecified atom stereocenters. The van der Waals surface area contributed by atoms with E-state index in [1.54, 1.807) is 13.8 Å². The van der Waals surface area contributed by atoms with Crippen LogP contribution in [0.5, 0.6) is 5.75 Å². The van der Waals surface area contributed by atoms with Gasteiger partial charge in [0.05, 0.1) is 5.75 Å². The zero-order chi connectivity index (χ0) is 16.6. The molecule has 5 nitrogen and oxygen atoms in total. The maximum Gasteiger partial charge on any atom is 0.573 e. The molecule has 1 aliphatic rings. The van der Waals surface area contributed by atoms with Crippen LogP contribution in [0.2, 0.25) is 0 Å². The first-order valence-electron chi connectivity index (χ1n) is 6.22. The van der Waals surface area contributed by atoms with Gasteiger partial charge >= 0.3 is 6.36 Å². The highest BCUT2D eigenvalue weighted by Gasteiger charge is 2.34. The molecule has 1 heterocycles. The highest BCUT2D eigenvalue weighted by Crippen LogP contribution is 2.30. The van der Waals surface area contributed by atoms with Crippen LogP contribution in [0.1, 0.15) is 19.4 Å². The molecule has 0 amide bonds. The second-order valence-corrected chi connectivity index (χ2v) is 7.19. The van der Waals surface area contributed by atoms with E-state index >= 15 is 0 Å². The normalized spacial score (nSPS) is 17.8. The summed E-state index contributed by atoms with van der Waals surface area (Å²) < 4.78 is 65.4. The molecule has 1 N–H and O–H groups in total. The van der Waals surface area contributed by atoms with Gasteiger partial charge < -0.3 is 4.74 Å². The van der Waals surface area contributed by atoms with Crippen molar-refractivity contribution in [2.45, 2.75) is 31.6 Å². The molecule has 1 aromatic carbocycles. The standard InChI is InChI=1S/C13H14F3NO4S/c1-12(2)7-11(17-21-12)22(18,19)8-9-5-3-4-6-10(9)20-13(14,15)16/h3-7,17H,8H2,1-2H3. The van der Waals surface area contributed by atoms with Gasteiger partial charge in [-0.3, -0.25) is 10.3 Å². The molecule has 122 valence electrons. The Morgan fingerprint density at radius 1 is 1.27 bits per heavy atom. The Balaban J connectivity index is 2.28. The van der Waals surface area contributed by atoms with Gasteiger partial charge in [0.1, 0.15) is 11.4 Å². The highest BCUT2D eigenvalue weighted by molar-refractivity contribution is 7.94. The largest absolute Gasteiger partial charge is 0.573 e. The molecule has 0 aliphatic carbocycles. The van der Waals surface area contributed by atoms with E-state index in [4.69, 9.17) is 4.84 Å². The van der Waals surface area contributed by atoms with Crippen molar-refractivity contribution in [2.75, 3.05) is 0 Å². The van der Waals surface area contributed by atoms with E-state index in [9.17, 15) is 21.6 Å². The number of hydrogen-bond acceptors (Lipinski definition) is 5. The molecular weight excluding hydrogens is 323 g/mol. The van der Waals surface area contributed by atoms with Gasteiger partial charge in [-0.25, -0.2) is 8.42 Å². The van der Waals surface area contributed by atoms with Crippen LogP contribution in [0.3, 0.4) is 0 Å². The Morgan fingerprint density at radius 2 is 1.91 bits per heavy atom. The van der Waals surface area contributed by atoms with Crippen molar-refractivity contribution >= 4 is 9.84 Å². The second kappa shape index (κ2) is 5.47. The van der Waals surface area contributed by atoms with Gasteiger partial charge in [0.15, 0.2) is 14.9 Å². The summed E-state index contributed by atoms with van der Waals surface area (Å²) in [4.78, 5) is 5.05. The number of hydroxylamine groups is 1. The predicted molar refractivity (Wildman–Crippen MR) is 72.1 cm³/mol. The van der Waals surface area contributed by atoms with Crippen molar-refractivity contribution in [3.05, 3.63) is 40.9 Å². The zero-order valence-corrected chi connectivity index (χ0v) is 12.6.